The molecule has 0 unspecified atom stereocenters. The summed E-state index contributed by atoms with van der Waals surface area (Å²) in [7, 11) is 0. The Labute approximate surface area is 121 Å². The second-order valence-electron chi connectivity index (χ2n) is 3.95. The Kier molecular flexibility index (Phi) is 5.92. The first-order chi connectivity index (χ1) is 8.93. The van der Waals surface area contributed by atoms with E-state index in [0.29, 0.717) is 22.8 Å². The highest BCUT2D eigenvalue weighted by Crippen LogP contribution is 2.24. The molecular formula is C13H15ClN2O2S. The van der Waals surface area contributed by atoms with E-state index in [1.165, 1.54) is 6.07 Å². The van der Waals surface area contributed by atoms with Gasteiger partial charge in [0.25, 0.3) is 0 Å². The predicted molar refractivity (Wildman–Crippen MR) is 81.1 cm³/mol. The number of thioether (sulfide) groups is 1. The number of anilines is 1. The van der Waals surface area contributed by atoms with Crippen molar-refractivity contribution < 1.29 is 9.59 Å². The minimum Gasteiger partial charge on any atom is -0.334 e. The van der Waals surface area contributed by atoms with E-state index in [9.17, 15) is 9.59 Å². The summed E-state index contributed by atoms with van der Waals surface area (Å²) in [6.07, 6.45) is 1.67. The van der Waals surface area contributed by atoms with E-state index < -0.39 is 0 Å². The van der Waals surface area contributed by atoms with E-state index in [0.717, 1.165) is 17.3 Å². The fourth-order valence-corrected chi connectivity index (χ4v) is 1.86. The van der Waals surface area contributed by atoms with Crippen LogP contribution in [0.4, 0.5) is 10.5 Å². The van der Waals surface area contributed by atoms with Crippen LogP contribution in [0.3, 0.4) is 0 Å². The van der Waals surface area contributed by atoms with Crippen molar-refractivity contribution in [1.82, 2.24) is 5.32 Å². The highest BCUT2D eigenvalue weighted by molar-refractivity contribution is 8.13. The van der Waals surface area contributed by atoms with Crippen molar-refractivity contribution in [1.29, 1.82) is 0 Å². The fraction of sp³-hybridized carbons (Fsp3) is 0.231. The lowest BCUT2D eigenvalue weighted by molar-refractivity contribution is 0.109. The topological polar surface area (TPSA) is 58.2 Å². The molecule has 0 aliphatic heterocycles. The van der Waals surface area contributed by atoms with Crippen molar-refractivity contribution in [2.45, 2.75) is 6.92 Å². The molecule has 0 radical (unpaired) electrons. The molecule has 0 heterocycles. The maximum Gasteiger partial charge on any atom is 0.319 e. The SMILES string of the molecule is C=C(C)CNC(=O)Nc1ccc(Cl)cc1C(=O)SC. The normalized spacial score (nSPS) is 9.84. The average Bonchev–Trinajstić information content (AvgIpc) is 2.37. The Hall–Kier alpha value is -1.46. The van der Waals surface area contributed by atoms with Crippen LogP contribution in [0.5, 0.6) is 0 Å². The number of nitrogens with one attached hydrogen (secondary N) is 2. The van der Waals surface area contributed by atoms with Crippen molar-refractivity contribution in [2.24, 2.45) is 0 Å². The largest absolute Gasteiger partial charge is 0.334 e. The molecular weight excluding hydrogens is 284 g/mol. The van der Waals surface area contributed by atoms with Crippen LogP contribution in [0.1, 0.15) is 17.3 Å². The number of halogens is 1. The predicted octanol–water partition coefficient (Wildman–Crippen LogP) is 3.54. The number of hydrogen-bond donors (Lipinski definition) is 2. The van der Waals surface area contributed by atoms with Crippen LogP contribution in [-0.2, 0) is 0 Å². The number of carbonyl (C=O) groups excluding carboxylic acids is 2. The van der Waals surface area contributed by atoms with Gasteiger partial charge in [-0.2, -0.15) is 0 Å². The number of carbonyl (C=O) groups is 2. The zero-order valence-corrected chi connectivity index (χ0v) is 12.3. The molecule has 0 aliphatic rings. The number of urea groups is 1. The Bertz CT molecular complexity index is 517. The summed E-state index contributed by atoms with van der Waals surface area (Å²) in [5.74, 6) is 0. The Morgan fingerprint density at radius 2 is 2.11 bits per heavy atom. The van der Waals surface area contributed by atoms with Crippen molar-refractivity contribution in [3.05, 3.63) is 40.9 Å². The van der Waals surface area contributed by atoms with E-state index >= 15 is 0 Å². The first-order valence-electron chi connectivity index (χ1n) is 5.51. The molecule has 0 aromatic heterocycles. The molecule has 19 heavy (non-hydrogen) atoms. The first kappa shape index (κ1) is 15.6. The van der Waals surface area contributed by atoms with Gasteiger partial charge in [-0.3, -0.25) is 4.79 Å². The van der Waals surface area contributed by atoms with Gasteiger partial charge in [-0.05, 0) is 31.4 Å². The monoisotopic (exact) mass is 298 g/mol. The maximum atomic E-state index is 11.8. The Morgan fingerprint density at radius 1 is 1.42 bits per heavy atom. The molecule has 1 aromatic rings. The zero-order valence-electron chi connectivity index (χ0n) is 10.7. The summed E-state index contributed by atoms with van der Waals surface area (Å²) in [6.45, 7) is 5.88. The van der Waals surface area contributed by atoms with Crippen LogP contribution in [0, 0.1) is 0 Å². The van der Waals surface area contributed by atoms with Gasteiger partial charge < -0.3 is 10.6 Å². The van der Waals surface area contributed by atoms with Gasteiger partial charge in [0.05, 0.1) is 11.3 Å². The second kappa shape index (κ2) is 7.21. The fourth-order valence-electron chi connectivity index (χ4n) is 1.30. The van der Waals surface area contributed by atoms with Crippen molar-refractivity contribution in [2.75, 3.05) is 18.1 Å². The lowest BCUT2D eigenvalue weighted by Crippen LogP contribution is -2.30. The summed E-state index contributed by atoms with van der Waals surface area (Å²) in [6, 6.07) is 4.37. The van der Waals surface area contributed by atoms with E-state index in [2.05, 4.69) is 17.2 Å². The Morgan fingerprint density at radius 3 is 2.68 bits per heavy atom. The molecule has 1 rings (SSSR count). The first-order valence-corrected chi connectivity index (χ1v) is 7.11. The second-order valence-corrected chi connectivity index (χ2v) is 5.16. The summed E-state index contributed by atoms with van der Waals surface area (Å²) < 4.78 is 0. The minimum atomic E-state index is -0.388. The van der Waals surface area contributed by atoms with Gasteiger partial charge in [0, 0.05) is 11.6 Å². The van der Waals surface area contributed by atoms with E-state index in [4.69, 9.17) is 11.6 Å². The van der Waals surface area contributed by atoms with Gasteiger partial charge in [-0.1, -0.05) is 35.5 Å². The summed E-state index contributed by atoms with van der Waals surface area (Å²) in [5, 5.41) is 5.55. The molecule has 6 heteroatoms. The third kappa shape index (κ3) is 4.96. The third-order valence-electron chi connectivity index (χ3n) is 2.19. The number of benzene rings is 1. The molecule has 0 spiro atoms. The van der Waals surface area contributed by atoms with E-state index in [1.807, 2.05) is 6.92 Å². The van der Waals surface area contributed by atoms with Gasteiger partial charge in [0.15, 0.2) is 0 Å². The molecule has 0 atom stereocenters. The van der Waals surface area contributed by atoms with Crippen molar-refractivity contribution in [3.8, 4) is 0 Å². The summed E-state index contributed by atoms with van der Waals surface area (Å²) in [4.78, 5) is 23.4. The van der Waals surface area contributed by atoms with Gasteiger partial charge in [0.1, 0.15) is 0 Å². The molecule has 1 aromatic carbocycles. The molecule has 0 saturated carbocycles. The van der Waals surface area contributed by atoms with Crippen LogP contribution in [-0.4, -0.2) is 23.9 Å². The van der Waals surface area contributed by atoms with Crippen LogP contribution in [0.25, 0.3) is 0 Å². The van der Waals surface area contributed by atoms with Crippen LogP contribution < -0.4 is 10.6 Å². The van der Waals surface area contributed by atoms with Gasteiger partial charge in [-0.25, -0.2) is 4.79 Å². The lowest BCUT2D eigenvalue weighted by Gasteiger charge is -2.11. The molecule has 2 N–H and O–H groups in total. The number of rotatable bonds is 4. The molecule has 102 valence electrons. The van der Waals surface area contributed by atoms with Gasteiger partial charge in [0.2, 0.25) is 5.12 Å². The third-order valence-corrected chi connectivity index (χ3v) is 3.01. The van der Waals surface area contributed by atoms with Crippen molar-refractivity contribution >= 4 is 40.2 Å². The molecule has 0 bridgehead atoms. The maximum absolute atomic E-state index is 11.8. The number of hydrogen-bond acceptors (Lipinski definition) is 3. The van der Waals surface area contributed by atoms with E-state index in [-0.39, 0.29) is 11.1 Å². The molecule has 2 amide bonds. The van der Waals surface area contributed by atoms with Gasteiger partial charge in [-0.15, -0.1) is 0 Å². The number of amides is 2. The highest BCUT2D eigenvalue weighted by atomic mass is 35.5. The highest BCUT2D eigenvalue weighted by Gasteiger charge is 2.13. The van der Waals surface area contributed by atoms with Gasteiger partial charge >= 0.3 is 6.03 Å². The van der Waals surface area contributed by atoms with Crippen LogP contribution in [0.15, 0.2) is 30.4 Å². The summed E-state index contributed by atoms with van der Waals surface area (Å²) in [5.41, 5.74) is 1.65. The smallest absolute Gasteiger partial charge is 0.319 e. The van der Waals surface area contributed by atoms with E-state index in [1.54, 1.807) is 18.4 Å². The van der Waals surface area contributed by atoms with Crippen LogP contribution >= 0.6 is 23.4 Å². The molecule has 4 nitrogen and oxygen atoms in total. The Balaban J connectivity index is 2.85. The lowest BCUT2D eigenvalue weighted by atomic mass is 10.2. The standard InChI is InChI=1S/C13H15ClN2O2S/c1-8(2)7-15-13(18)16-11-5-4-9(14)6-10(11)12(17)19-3/h4-6H,1,7H2,2-3H3,(H2,15,16,18). The minimum absolute atomic E-state index is 0.155. The molecule has 0 saturated heterocycles. The van der Waals surface area contributed by atoms with Crippen LogP contribution in [0.2, 0.25) is 5.02 Å². The quantitative estimate of drug-likeness (QED) is 0.836. The van der Waals surface area contributed by atoms with Crippen molar-refractivity contribution in [3.63, 3.8) is 0 Å². The molecule has 0 fully saturated rings. The average molecular weight is 299 g/mol. The zero-order chi connectivity index (χ0) is 14.4. The summed E-state index contributed by atoms with van der Waals surface area (Å²) >= 11 is 6.92. The molecule has 0 aliphatic carbocycles.